The molecule has 0 saturated heterocycles. The third-order valence-corrected chi connectivity index (χ3v) is 4.35. The van der Waals surface area contributed by atoms with E-state index in [2.05, 4.69) is 35.5 Å². The van der Waals surface area contributed by atoms with Crippen LogP contribution < -0.4 is 11.1 Å². The van der Waals surface area contributed by atoms with Crippen LogP contribution in [0.25, 0.3) is 0 Å². The Morgan fingerprint density at radius 2 is 1.68 bits per heavy atom. The van der Waals surface area contributed by atoms with Gasteiger partial charge in [-0.15, -0.1) is 0 Å². The lowest BCUT2D eigenvalue weighted by Gasteiger charge is -2.28. The van der Waals surface area contributed by atoms with Crippen molar-refractivity contribution in [2.45, 2.75) is 96.8 Å². The van der Waals surface area contributed by atoms with Crippen molar-refractivity contribution < 1.29 is 0 Å². The lowest BCUT2D eigenvalue weighted by atomic mass is 10.1. The van der Waals surface area contributed by atoms with Crippen LogP contribution in [0.2, 0.25) is 0 Å². The van der Waals surface area contributed by atoms with Gasteiger partial charge in [-0.3, -0.25) is 0 Å². The quantitative estimate of drug-likeness (QED) is 0.377. The average Bonchev–Trinajstić information content (AvgIpc) is 2.97. The molecule has 2 unspecified atom stereocenters. The van der Waals surface area contributed by atoms with Crippen molar-refractivity contribution in [1.29, 1.82) is 0 Å². The van der Waals surface area contributed by atoms with E-state index in [-0.39, 0.29) is 6.17 Å². The van der Waals surface area contributed by atoms with Crippen molar-refractivity contribution in [3.63, 3.8) is 0 Å². The zero-order chi connectivity index (χ0) is 16.0. The zero-order valence-corrected chi connectivity index (χ0v) is 14.8. The van der Waals surface area contributed by atoms with Gasteiger partial charge in [0.05, 0.1) is 12.3 Å². The van der Waals surface area contributed by atoms with E-state index in [9.17, 15) is 0 Å². The highest BCUT2D eigenvalue weighted by atomic mass is 15.3. The van der Waals surface area contributed by atoms with E-state index in [0.717, 1.165) is 6.42 Å². The van der Waals surface area contributed by atoms with E-state index < -0.39 is 0 Å². The molecule has 0 aromatic carbocycles. The molecular formula is C19H37N3. The molecule has 22 heavy (non-hydrogen) atoms. The van der Waals surface area contributed by atoms with Gasteiger partial charge in [-0.25, -0.2) is 0 Å². The topological polar surface area (TPSA) is 41.3 Å². The second-order valence-electron chi connectivity index (χ2n) is 6.50. The number of hydrogen-bond acceptors (Lipinski definition) is 3. The Bertz CT molecular complexity index is 310. The maximum absolute atomic E-state index is 5.95. The Morgan fingerprint density at radius 3 is 2.36 bits per heavy atom. The first-order valence-electron chi connectivity index (χ1n) is 9.36. The number of nitrogens with two attached hydrogens (primary N) is 1. The summed E-state index contributed by atoms with van der Waals surface area (Å²) in [7, 11) is 0. The predicted molar refractivity (Wildman–Crippen MR) is 97.2 cm³/mol. The van der Waals surface area contributed by atoms with Crippen LogP contribution in [-0.2, 0) is 0 Å². The van der Waals surface area contributed by atoms with Gasteiger partial charge < -0.3 is 16.0 Å². The molecule has 3 heteroatoms. The second-order valence-corrected chi connectivity index (χ2v) is 6.50. The highest BCUT2D eigenvalue weighted by Crippen LogP contribution is 2.14. The van der Waals surface area contributed by atoms with Crippen molar-refractivity contribution in [2.75, 3.05) is 0 Å². The fourth-order valence-corrected chi connectivity index (χ4v) is 2.97. The lowest BCUT2D eigenvalue weighted by Crippen LogP contribution is -2.44. The molecular weight excluding hydrogens is 270 g/mol. The number of allylic oxidation sites excluding steroid dienone is 2. The van der Waals surface area contributed by atoms with Crippen molar-refractivity contribution in [3.8, 4) is 0 Å². The third kappa shape index (κ3) is 8.47. The summed E-state index contributed by atoms with van der Waals surface area (Å²) in [6.07, 6.45) is 23.8. The fraction of sp³-hybridized carbons (Fsp3) is 0.789. The first-order chi connectivity index (χ1) is 10.8. The predicted octanol–water partition coefficient (Wildman–Crippen LogP) is 4.86. The Morgan fingerprint density at radius 1 is 1.05 bits per heavy atom. The number of hydrogen-bond donors (Lipinski definition) is 2. The van der Waals surface area contributed by atoms with Crippen LogP contribution in [0.3, 0.4) is 0 Å². The summed E-state index contributed by atoms with van der Waals surface area (Å²) in [6, 6.07) is 0. The molecule has 0 aliphatic carbocycles. The first-order valence-corrected chi connectivity index (χ1v) is 9.36. The molecule has 0 radical (unpaired) electrons. The molecule has 0 aromatic heterocycles. The minimum Gasteiger partial charge on any atom is -0.370 e. The molecule has 0 saturated carbocycles. The summed E-state index contributed by atoms with van der Waals surface area (Å²) in [5, 5.41) is 3.37. The lowest BCUT2D eigenvalue weighted by molar-refractivity contribution is 0.209. The molecule has 2 atom stereocenters. The Hall–Kier alpha value is -0.960. The Labute approximate surface area is 138 Å². The maximum Gasteiger partial charge on any atom is 0.0995 e. The Kier molecular flexibility index (Phi) is 10.9. The van der Waals surface area contributed by atoms with Crippen molar-refractivity contribution in [2.24, 2.45) is 5.73 Å². The van der Waals surface area contributed by atoms with E-state index in [1.54, 1.807) is 0 Å². The van der Waals surface area contributed by atoms with Gasteiger partial charge >= 0.3 is 0 Å². The van der Waals surface area contributed by atoms with Crippen LogP contribution in [0, 0.1) is 0 Å². The summed E-state index contributed by atoms with van der Waals surface area (Å²) in [5.74, 6) is 0. The van der Waals surface area contributed by atoms with Gasteiger partial charge in [0.2, 0.25) is 0 Å². The summed E-state index contributed by atoms with van der Waals surface area (Å²) in [4.78, 5) is 2.20. The third-order valence-electron chi connectivity index (χ3n) is 4.35. The van der Waals surface area contributed by atoms with Crippen LogP contribution in [0.4, 0.5) is 0 Å². The van der Waals surface area contributed by atoms with Gasteiger partial charge in [0.25, 0.3) is 0 Å². The zero-order valence-electron chi connectivity index (χ0n) is 14.8. The minimum absolute atomic E-state index is 0.0871. The molecule has 1 aliphatic rings. The first kappa shape index (κ1) is 19.1. The number of nitrogens with zero attached hydrogens (tertiary/aromatic N) is 1. The summed E-state index contributed by atoms with van der Waals surface area (Å²) in [6.45, 7) is 4.31. The smallest absolute Gasteiger partial charge is 0.0995 e. The maximum atomic E-state index is 5.95. The van der Waals surface area contributed by atoms with Crippen molar-refractivity contribution in [3.05, 3.63) is 24.6 Å². The molecule has 3 nitrogen and oxygen atoms in total. The van der Waals surface area contributed by atoms with Crippen LogP contribution in [-0.4, -0.2) is 17.2 Å². The van der Waals surface area contributed by atoms with E-state index in [0.29, 0.717) is 6.17 Å². The molecule has 0 spiro atoms. The van der Waals surface area contributed by atoms with E-state index in [4.69, 9.17) is 5.73 Å². The van der Waals surface area contributed by atoms with Gasteiger partial charge in [-0.05, 0) is 39.0 Å². The van der Waals surface area contributed by atoms with Crippen LogP contribution in [0.5, 0.6) is 0 Å². The minimum atomic E-state index is 0.0871. The summed E-state index contributed by atoms with van der Waals surface area (Å²) < 4.78 is 0. The molecule has 1 heterocycles. The van der Waals surface area contributed by atoms with Crippen LogP contribution in [0.1, 0.15) is 84.5 Å². The standard InChI is InChI=1S/C19H37N3/c1-3-4-5-6-7-8-9-10-11-12-13-14-15-19-21-16-17-22(19)18(2)20/h11-12,16-19,21H,3-10,13-15,20H2,1-2H3/b12-11+. The van der Waals surface area contributed by atoms with Gasteiger partial charge in [-0.1, -0.05) is 57.6 Å². The molecule has 0 aromatic rings. The molecule has 0 fully saturated rings. The monoisotopic (exact) mass is 307 g/mol. The summed E-state index contributed by atoms with van der Waals surface area (Å²) in [5.41, 5.74) is 5.95. The number of nitrogens with one attached hydrogen (secondary N) is 1. The average molecular weight is 308 g/mol. The number of unbranched alkanes of at least 4 members (excludes halogenated alkanes) is 8. The van der Waals surface area contributed by atoms with Crippen molar-refractivity contribution in [1.82, 2.24) is 10.2 Å². The van der Waals surface area contributed by atoms with Gasteiger partial charge in [0.1, 0.15) is 0 Å². The van der Waals surface area contributed by atoms with Crippen LogP contribution >= 0.6 is 0 Å². The van der Waals surface area contributed by atoms with Gasteiger partial charge in [-0.2, -0.15) is 0 Å². The van der Waals surface area contributed by atoms with Crippen LogP contribution in [0.15, 0.2) is 24.6 Å². The van der Waals surface area contributed by atoms with Gasteiger partial charge in [0, 0.05) is 12.4 Å². The highest BCUT2D eigenvalue weighted by molar-refractivity contribution is 4.95. The second kappa shape index (κ2) is 12.6. The molecule has 1 aliphatic heterocycles. The molecule has 0 amide bonds. The largest absolute Gasteiger partial charge is 0.370 e. The highest BCUT2D eigenvalue weighted by Gasteiger charge is 2.19. The Balaban J connectivity index is 1.90. The van der Waals surface area contributed by atoms with Gasteiger partial charge in [0.15, 0.2) is 0 Å². The molecule has 128 valence electrons. The molecule has 1 rings (SSSR count). The fourth-order valence-electron chi connectivity index (χ4n) is 2.97. The molecule has 3 N–H and O–H groups in total. The van der Waals surface area contributed by atoms with Crippen molar-refractivity contribution >= 4 is 0 Å². The molecule has 0 bridgehead atoms. The van der Waals surface area contributed by atoms with E-state index >= 15 is 0 Å². The number of rotatable bonds is 13. The normalized spacial score (nSPS) is 19.0. The van der Waals surface area contributed by atoms with E-state index in [1.807, 2.05) is 13.1 Å². The SMILES string of the molecule is CCCCCCCCC/C=C/CCCC1NC=CN1C(C)N. The van der Waals surface area contributed by atoms with E-state index in [1.165, 1.54) is 64.2 Å². The summed E-state index contributed by atoms with van der Waals surface area (Å²) >= 11 is 0.